The molecule has 0 aliphatic carbocycles. The number of pyridine rings is 1. The van der Waals surface area contributed by atoms with Crippen molar-refractivity contribution in [1.29, 1.82) is 0 Å². The van der Waals surface area contributed by atoms with E-state index in [1.807, 2.05) is 25.1 Å². The van der Waals surface area contributed by atoms with Crippen LogP contribution in [0, 0.1) is 5.92 Å². The maximum absolute atomic E-state index is 5.60. The minimum atomic E-state index is -0.398. The Kier molecular flexibility index (Phi) is 3.97. The van der Waals surface area contributed by atoms with E-state index >= 15 is 0 Å². The quantitative estimate of drug-likeness (QED) is 0.851. The smallest absolute Gasteiger partial charge is 0.166 e. The minimum absolute atomic E-state index is 0.398. The maximum atomic E-state index is 5.60. The van der Waals surface area contributed by atoms with Crippen molar-refractivity contribution in [3.05, 3.63) is 24.4 Å². The van der Waals surface area contributed by atoms with Crippen molar-refractivity contribution < 1.29 is 9.47 Å². The Morgan fingerprint density at radius 1 is 1.41 bits per heavy atom. The standard InChI is InChI=1S/C13H20N2O2/c1-11(9-13(2)16-7-8-17-13)10-15-12-5-3-4-6-14-12/h3-6,11H,7-10H2,1-2H3,(H,14,15)/t11-/m1/s1. The van der Waals surface area contributed by atoms with E-state index in [1.54, 1.807) is 6.20 Å². The molecule has 0 bridgehead atoms. The third-order valence-corrected chi connectivity index (χ3v) is 2.91. The van der Waals surface area contributed by atoms with Gasteiger partial charge in [-0.1, -0.05) is 13.0 Å². The molecule has 0 saturated carbocycles. The SMILES string of the molecule is C[C@@H](CNc1ccccn1)CC1(C)OCCO1. The van der Waals surface area contributed by atoms with E-state index in [2.05, 4.69) is 17.2 Å². The van der Waals surface area contributed by atoms with Crippen LogP contribution in [0.25, 0.3) is 0 Å². The van der Waals surface area contributed by atoms with Gasteiger partial charge in [-0.2, -0.15) is 0 Å². The minimum Gasteiger partial charge on any atom is -0.370 e. The number of anilines is 1. The summed E-state index contributed by atoms with van der Waals surface area (Å²) in [6.45, 7) is 6.48. The molecule has 17 heavy (non-hydrogen) atoms. The average Bonchev–Trinajstić information content (AvgIpc) is 2.74. The lowest BCUT2D eigenvalue weighted by Gasteiger charge is -2.26. The van der Waals surface area contributed by atoms with Crippen molar-refractivity contribution in [2.24, 2.45) is 5.92 Å². The first-order valence-electron chi connectivity index (χ1n) is 6.11. The van der Waals surface area contributed by atoms with Gasteiger partial charge in [-0.05, 0) is 25.0 Å². The van der Waals surface area contributed by atoms with E-state index in [0.717, 1.165) is 18.8 Å². The summed E-state index contributed by atoms with van der Waals surface area (Å²) in [4.78, 5) is 4.23. The van der Waals surface area contributed by atoms with Crippen LogP contribution in [0.3, 0.4) is 0 Å². The third-order valence-electron chi connectivity index (χ3n) is 2.91. The highest BCUT2D eigenvalue weighted by Gasteiger charge is 2.32. The lowest BCUT2D eigenvalue weighted by molar-refractivity contribution is -0.153. The van der Waals surface area contributed by atoms with Crippen LogP contribution in [0.1, 0.15) is 20.3 Å². The predicted octanol–water partition coefficient (Wildman–Crippen LogP) is 2.28. The monoisotopic (exact) mass is 236 g/mol. The maximum Gasteiger partial charge on any atom is 0.166 e. The first kappa shape index (κ1) is 12.3. The van der Waals surface area contributed by atoms with E-state index in [0.29, 0.717) is 19.1 Å². The molecule has 0 amide bonds. The Labute approximate surface area is 102 Å². The largest absolute Gasteiger partial charge is 0.370 e. The fourth-order valence-corrected chi connectivity index (χ4v) is 2.13. The molecule has 0 radical (unpaired) electrons. The second-order valence-electron chi connectivity index (χ2n) is 4.74. The van der Waals surface area contributed by atoms with Gasteiger partial charge in [0.15, 0.2) is 5.79 Å². The molecule has 0 aromatic carbocycles. The fourth-order valence-electron chi connectivity index (χ4n) is 2.13. The number of rotatable bonds is 5. The molecule has 1 aromatic heterocycles. The van der Waals surface area contributed by atoms with Crippen LogP contribution < -0.4 is 5.32 Å². The summed E-state index contributed by atoms with van der Waals surface area (Å²) >= 11 is 0. The normalized spacial score (nSPS) is 20.1. The molecular weight excluding hydrogens is 216 g/mol. The van der Waals surface area contributed by atoms with E-state index in [9.17, 15) is 0 Å². The highest BCUT2D eigenvalue weighted by Crippen LogP contribution is 2.26. The molecule has 0 unspecified atom stereocenters. The molecule has 2 heterocycles. The highest BCUT2D eigenvalue weighted by atomic mass is 16.7. The van der Waals surface area contributed by atoms with Crippen LogP contribution in [0.2, 0.25) is 0 Å². The second-order valence-corrected chi connectivity index (χ2v) is 4.74. The molecule has 4 heteroatoms. The van der Waals surface area contributed by atoms with Gasteiger partial charge in [0.05, 0.1) is 13.2 Å². The molecule has 1 saturated heterocycles. The predicted molar refractivity (Wildman–Crippen MR) is 66.8 cm³/mol. The Morgan fingerprint density at radius 2 is 2.18 bits per heavy atom. The molecule has 4 nitrogen and oxygen atoms in total. The fraction of sp³-hybridized carbons (Fsp3) is 0.615. The van der Waals surface area contributed by atoms with Crippen LogP contribution in [0.15, 0.2) is 24.4 Å². The second kappa shape index (κ2) is 5.47. The van der Waals surface area contributed by atoms with Gasteiger partial charge in [0.25, 0.3) is 0 Å². The van der Waals surface area contributed by atoms with Crippen molar-refractivity contribution in [3.8, 4) is 0 Å². The van der Waals surface area contributed by atoms with Gasteiger partial charge in [-0.25, -0.2) is 4.98 Å². The van der Waals surface area contributed by atoms with Gasteiger partial charge in [-0.15, -0.1) is 0 Å². The molecular formula is C13H20N2O2. The lowest BCUT2D eigenvalue weighted by Crippen LogP contribution is -2.30. The van der Waals surface area contributed by atoms with Crippen molar-refractivity contribution in [1.82, 2.24) is 4.98 Å². The van der Waals surface area contributed by atoms with E-state index < -0.39 is 5.79 Å². The summed E-state index contributed by atoms with van der Waals surface area (Å²) in [6.07, 6.45) is 2.68. The molecule has 1 atom stereocenters. The summed E-state index contributed by atoms with van der Waals surface area (Å²) in [5.41, 5.74) is 0. The number of aromatic nitrogens is 1. The van der Waals surface area contributed by atoms with Crippen LogP contribution in [0.5, 0.6) is 0 Å². The van der Waals surface area contributed by atoms with Crippen LogP contribution in [-0.4, -0.2) is 30.5 Å². The van der Waals surface area contributed by atoms with Crippen molar-refractivity contribution in [3.63, 3.8) is 0 Å². The summed E-state index contributed by atoms with van der Waals surface area (Å²) in [5.74, 6) is 0.989. The molecule has 1 aliphatic rings. The summed E-state index contributed by atoms with van der Waals surface area (Å²) in [5, 5.41) is 3.31. The number of nitrogens with one attached hydrogen (secondary N) is 1. The first-order chi connectivity index (χ1) is 8.18. The van der Waals surface area contributed by atoms with Gasteiger partial charge in [0.1, 0.15) is 5.82 Å². The molecule has 0 spiro atoms. The Balaban J connectivity index is 1.76. The molecule has 1 aromatic rings. The Morgan fingerprint density at radius 3 is 2.82 bits per heavy atom. The van der Waals surface area contributed by atoms with Crippen molar-refractivity contribution in [2.75, 3.05) is 25.1 Å². The topological polar surface area (TPSA) is 43.4 Å². The van der Waals surface area contributed by atoms with E-state index in [1.165, 1.54) is 0 Å². The summed E-state index contributed by atoms with van der Waals surface area (Å²) in [7, 11) is 0. The van der Waals surface area contributed by atoms with Crippen LogP contribution in [-0.2, 0) is 9.47 Å². The number of ether oxygens (including phenoxy) is 2. The average molecular weight is 236 g/mol. The molecule has 1 aliphatic heterocycles. The number of nitrogens with zero attached hydrogens (tertiary/aromatic N) is 1. The number of hydrogen-bond donors (Lipinski definition) is 1. The Bertz CT molecular complexity index is 337. The number of hydrogen-bond acceptors (Lipinski definition) is 4. The zero-order valence-electron chi connectivity index (χ0n) is 10.5. The third kappa shape index (κ3) is 3.68. The summed E-state index contributed by atoms with van der Waals surface area (Å²) < 4.78 is 11.2. The lowest BCUT2D eigenvalue weighted by atomic mass is 10.0. The zero-order valence-corrected chi connectivity index (χ0v) is 10.5. The van der Waals surface area contributed by atoms with Gasteiger partial charge >= 0.3 is 0 Å². The first-order valence-corrected chi connectivity index (χ1v) is 6.11. The van der Waals surface area contributed by atoms with Gasteiger partial charge in [0, 0.05) is 19.2 Å². The summed E-state index contributed by atoms with van der Waals surface area (Å²) in [6, 6.07) is 5.86. The van der Waals surface area contributed by atoms with Gasteiger partial charge < -0.3 is 14.8 Å². The van der Waals surface area contributed by atoms with Crippen molar-refractivity contribution >= 4 is 5.82 Å². The van der Waals surface area contributed by atoms with Gasteiger partial charge in [-0.3, -0.25) is 0 Å². The van der Waals surface area contributed by atoms with E-state index in [-0.39, 0.29) is 0 Å². The van der Waals surface area contributed by atoms with Crippen LogP contribution in [0.4, 0.5) is 5.82 Å². The van der Waals surface area contributed by atoms with Gasteiger partial charge in [0.2, 0.25) is 0 Å². The van der Waals surface area contributed by atoms with Crippen molar-refractivity contribution in [2.45, 2.75) is 26.1 Å². The zero-order chi connectivity index (χ0) is 12.1. The van der Waals surface area contributed by atoms with Crippen LogP contribution >= 0.6 is 0 Å². The Hall–Kier alpha value is -1.13. The molecule has 1 fully saturated rings. The molecule has 1 N–H and O–H groups in total. The molecule has 94 valence electrons. The molecule has 2 rings (SSSR count). The van der Waals surface area contributed by atoms with E-state index in [4.69, 9.17) is 9.47 Å². The highest BCUT2D eigenvalue weighted by molar-refractivity contribution is 5.32.